The van der Waals surface area contributed by atoms with Crippen molar-refractivity contribution in [2.75, 3.05) is 6.61 Å². The van der Waals surface area contributed by atoms with Gasteiger partial charge in [0.25, 0.3) is 4.74 Å². The second-order valence-electron chi connectivity index (χ2n) is 5.43. The molecular weight excluding hydrogens is 481 g/mol. The highest BCUT2D eigenvalue weighted by molar-refractivity contribution is 9.18. The molecule has 130 valence electrons. The summed E-state index contributed by atoms with van der Waals surface area (Å²) in [5.74, 6) is -0.902. The van der Waals surface area contributed by atoms with Gasteiger partial charge < -0.3 is 5.11 Å². The van der Waals surface area contributed by atoms with Gasteiger partial charge >= 0.3 is 0 Å². The average molecular weight is 494 g/mol. The van der Waals surface area contributed by atoms with Crippen LogP contribution in [0.3, 0.4) is 0 Å². The summed E-state index contributed by atoms with van der Waals surface area (Å²) < 4.78 is 27.9. The molecule has 2 aromatic carbocycles. The minimum Gasteiger partial charge on any atom is -0.386 e. The number of amidine groups is 1. The van der Waals surface area contributed by atoms with E-state index in [0.717, 1.165) is 0 Å². The quantitative estimate of drug-likeness (QED) is 0.412. The van der Waals surface area contributed by atoms with E-state index < -0.39 is 11.6 Å². The number of quaternary nitrogens is 1. The summed E-state index contributed by atoms with van der Waals surface area (Å²) in [7, 11) is 0. The van der Waals surface area contributed by atoms with Crippen LogP contribution < -0.4 is 4.48 Å². The number of halogens is 5. The molecule has 1 aliphatic heterocycles. The second-order valence-corrected chi connectivity index (χ2v) is 7.40. The van der Waals surface area contributed by atoms with E-state index in [1.54, 1.807) is 13.0 Å². The summed E-state index contributed by atoms with van der Waals surface area (Å²) in [6, 6.07) is 8.19. The van der Waals surface area contributed by atoms with Crippen LogP contribution in [-0.2, 0) is 0 Å². The molecule has 3 rings (SSSR count). The molecule has 0 saturated carbocycles. The first-order valence-corrected chi connectivity index (χ1v) is 9.15. The van der Waals surface area contributed by atoms with Gasteiger partial charge in [-0.3, -0.25) is 0 Å². The van der Waals surface area contributed by atoms with Crippen molar-refractivity contribution in [1.82, 2.24) is 4.48 Å². The second kappa shape index (κ2) is 6.89. The third-order valence-electron chi connectivity index (χ3n) is 4.05. The number of rotatable bonds is 3. The van der Waals surface area contributed by atoms with Crippen LogP contribution >= 0.6 is 43.5 Å². The Bertz CT molecular complexity index is 879. The molecule has 8 heteroatoms. The van der Waals surface area contributed by atoms with Gasteiger partial charge in [0.15, 0.2) is 17.1 Å². The summed E-state index contributed by atoms with van der Waals surface area (Å²) in [4.78, 5) is 4.43. The minimum atomic E-state index is -0.483. The van der Waals surface area contributed by atoms with E-state index in [1.165, 1.54) is 30.3 Å². The van der Waals surface area contributed by atoms with E-state index >= 15 is 0 Å². The summed E-state index contributed by atoms with van der Waals surface area (Å²) >= 11 is 13.2. The molecule has 3 nitrogen and oxygen atoms in total. The van der Waals surface area contributed by atoms with Crippen LogP contribution in [-0.4, -0.2) is 16.5 Å². The SMILES string of the molecule is CC1=C(CO)[N+](c2ccc(F)cc2Cl)(c2ccc(F)cc2Br)C(Br)=N1. The first kappa shape index (κ1) is 18.7. The lowest BCUT2D eigenvalue weighted by Crippen LogP contribution is -2.45. The molecule has 0 fully saturated rings. The predicted octanol–water partition coefficient (Wildman–Crippen LogP) is 6.01. The molecule has 0 spiro atoms. The van der Waals surface area contributed by atoms with Crippen LogP contribution in [0.4, 0.5) is 20.2 Å². The maximum Gasteiger partial charge on any atom is 0.287 e. The highest BCUT2D eigenvalue weighted by Crippen LogP contribution is 2.51. The zero-order valence-electron chi connectivity index (χ0n) is 12.9. The number of allylic oxidation sites excluding steroid dienone is 1. The lowest BCUT2D eigenvalue weighted by atomic mass is 10.1. The highest BCUT2D eigenvalue weighted by atomic mass is 79.9. The van der Waals surface area contributed by atoms with Gasteiger partial charge in [0.05, 0.1) is 4.47 Å². The van der Waals surface area contributed by atoms with E-state index in [2.05, 4.69) is 36.9 Å². The van der Waals surface area contributed by atoms with Crippen molar-refractivity contribution in [1.29, 1.82) is 0 Å². The van der Waals surface area contributed by atoms with Gasteiger partial charge in [-0.05, 0) is 47.1 Å². The van der Waals surface area contributed by atoms with Crippen molar-refractivity contribution in [3.05, 3.63) is 68.9 Å². The molecule has 0 amide bonds. The fourth-order valence-electron chi connectivity index (χ4n) is 2.98. The minimum absolute atomic E-state index is 0.157. The molecule has 0 bridgehead atoms. The van der Waals surface area contributed by atoms with Gasteiger partial charge in [-0.1, -0.05) is 11.6 Å². The van der Waals surface area contributed by atoms with E-state index in [0.29, 0.717) is 32.0 Å². The first-order chi connectivity index (χ1) is 11.8. The van der Waals surface area contributed by atoms with Gasteiger partial charge in [-0.2, -0.15) is 9.48 Å². The smallest absolute Gasteiger partial charge is 0.287 e. The van der Waals surface area contributed by atoms with Crippen LogP contribution in [0.25, 0.3) is 0 Å². The van der Waals surface area contributed by atoms with E-state index in [9.17, 15) is 13.9 Å². The topological polar surface area (TPSA) is 32.6 Å². The van der Waals surface area contributed by atoms with Crippen molar-refractivity contribution in [3.8, 4) is 0 Å². The number of hydrogen-bond acceptors (Lipinski definition) is 2. The summed E-state index contributed by atoms with van der Waals surface area (Å²) in [6.07, 6.45) is 0. The maximum atomic E-state index is 13.6. The van der Waals surface area contributed by atoms with E-state index in [4.69, 9.17) is 11.6 Å². The van der Waals surface area contributed by atoms with Gasteiger partial charge in [0.1, 0.15) is 29.0 Å². The molecule has 0 radical (unpaired) electrons. The summed E-state index contributed by atoms with van der Waals surface area (Å²) in [5, 5.41) is 10.2. The average Bonchev–Trinajstić information content (AvgIpc) is 2.78. The Kier molecular flexibility index (Phi) is 5.14. The van der Waals surface area contributed by atoms with Crippen molar-refractivity contribution in [3.63, 3.8) is 0 Å². The molecule has 25 heavy (non-hydrogen) atoms. The Balaban J connectivity index is 2.44. The van der Waals surface area contributed by atoms with Gasteiger partial charge in [0.2, 0.25) is 0 Å². The van der Waals surface area contributed by atoms with E-state index in [1.807, 2.05) is 0 Å². The number of aliphatic hydroxyl groups is 1. The lowest BCUT2D eigenvalue weighted by Gasteiger charge is -2.34. The fourth-order valence-corrected chi connectivity index (χ4v) is 4.75. The monoisotopic (exact) mass is 491 g/mol. The normalized spacial score (nSPS) is 20.2. The fraction of sp³-hybridized carbons (Fsp3) is 0.118. The van der Waals surface area contributed by atoms with Crippen LogP contribution in [0.1, 0.15) is 6.92 Å². The van der Waals surface area contributed by atoms with Crippen LogP contribution in [0.2, 0.25) is 5.02 Å². The Hall–Kier alpha value is -1.12. The number of benzene rings is 2. The van der Waals surface area contributed by atoms with Crippen LogP contribution in [0.5, 0.6) is 0 Å². The van der Waals surface area contributed by atoms with Crippen molar-refractivity contribution < 1.29 is 13.9 Å². The Morgan fingerprint density at radius 3 is 2.24 bits per heavy atom. The Morgan fingerprint density at radius 1 is 1.08 bits per heavy atom. The molecule has 1 N–H and O–H groups in total. The highest BCUT2D eigenvalue weighted by Gasteiger charge is 2.50. The van der Waals surface area contributed by atoms with Crippen molar-refractivity contribution in [2.45, 2.75) is 6.92 Å². The largest absolute Gasteiger partial charge is 0.386 e. The molecule has 0 saturated heterocycles. The molecule has 1 heterocycles. The number of hydrogen-bond donors (Lipinski definition) is 1. The third kappa shape index (κ3) is 2.88. The lowest BCUT2D eigenvalue weighted by molar-refractivity contribution is 0.310. The molecule has 1 aliphatic rings. The molecule has 0 aromatic heterocycles. The van der Waals surface area contributed by atoms with Gasteiger partial charge in [-0.15, -0.1) is 0 Å². The number of aliphatic hydroxyl groups excluding tert-OH is 1. The first-order valence-electron chi connectivity index (χ1n) is 7.18. The maximum absolute atomic E-state index is 13.6. The summed E-state index contributed by atoms with van der Waals surface area (Å²) in [5.41, 5.74) is 2.16. The van der Waals surface area contributed by atoms with E-state index in [-0.39, 0.29) is 16.1 Å². The van der Waals surface area contributed by atoms with Gasteiger partial charge in [0, 0.05) is 28.1 Å². The molecule has 2 aromatic rings. The predicted molar refractivity (Wildman–Crippen MR) is 103 cm³/mol. The zero-order valence-corrected chi connectivity index (χ0v) is 16.8. The molecule has 1 atom stereocenters. The van der Waals surface area contributed by atoms with Crippen molar-refractivity contribution >= 4 is 59.6 Å². The Labute approximate surface area is 165 Å². The molecule has 0 aliphatic carbocycles. The Morgan fingerprint density at radius 2 is 1.68 bits per heavy atom. The third-order valence-corrected chi connectivity index (χ3v) is 5.70. The molecular formula is C17H12Br2ClF2N2O+. The standard InChI is InChI=1S/C17H12Br2ClF2N2O/c1-9-16(8-25)24(17(19)23-9,14-4-2-10(21)6-12(14)18)15-5-3-11(22)7-13(15)20/h2-7,25H,8H2,1H3/q+1. The van der Waals surface area contributed by atoms with Gasteiger partial charge in [-0.25, -0.2) is 8.78 Å². The zero-order chi connectivity index (χ0) is 18.4. The van der Waals surface area contributed by atoms with Crippen LogP contribution in [0.15, 0.2) is 57.3 Å². The van der Waals surface area contributed by atoms with Crippen LogP contribution in [0, 0.1) is 11.6 Å². The summed E-state index contributed by atoms with van der Waals surface area (Å²) in [6.45, 7) is 1.43. The molecule has 1 unspecified atom stereocenters. The van der Waals surface area contributed by atoms with Crippen molar-refractivity contribution in [2.24, 2.45) is 4.99 Å². The number of nitrogens with zero attached hydrogens (tertiary/aromatic N) is 2. The number of aliphatic imine (C=N–C) groups is 1.